The molecule has 0 aliphatic carbocycles. The fourth-order valence-corrected chi connectivity index (χ4v) is 4.24. The van der Waals surface area contributed by atoms with Crippen LogP contribution in [0.25, 0.3) is 0 Å². The first-order valence-corrected chi connectivity index (χ1v) is 12.7. The molecule has 10 heteroatoms. The molecule has 202 valence electrons. The molecular formula is C27H39N5O5. The highest BCUT2D eigenvalue weighted by Crippen LogP contribution is 2.26. The van der Waals surface area contributed by atoms with Crippen molar-refractivity contribution in [1.82, 2.24) is 25.5 Å². The lowest BCUT2D eigenvalue weighted by Gasteiger charge is -2.31. The molecule has 0 aliphatic heterocycles. The molecule has 37 heavy (non-hydrogen) atoms. The molecule has 0 unspecified atom stereocenters. The van der Waals surface area contributed by atoms with Crippen molar-refractivity contribution in [2.45, 2.75) is 59.8 Å². The van der Waals surface area contributed by atoms with Gasteiger partial charge in [-0.1, -0.05) is 58.0 Å². The van der Waals surface area contributed by atoms with Gasteiger partial charge in [0.15, 0.2) is 0 Å². The van der Waals surface area contributed by atoms with Crippen LogP contribution in [0.2, 0.25) is 0 Å². The summed E-state index contributed by atoms with van der Waals surface area (Å²) in [6, 6.07) is 9.82. The van der Waals surface area contributed by atoms with Gasteiger partial charge in [-0.25, -0.2) is 10.5 Å². The van der Waals surface area contributed by atoms with Crippen molar-refractivity contribution >= 4 is 23.6 Å². The molecule has 3 amide bonds. The summed E-state index contributed by atoms with van der Waals surface area (Å²) < 4.78 is 1.21. The highest BCUT2D eigenvalue weighted by Gasteiger charge is 2.35. The quantitative estimate of drug-likeness (QED) is 0.214. The summed E-state index contributed by atoms with van der Waals surface area (Å²) in [4.78, 5) is 55.4. The molecule has 1 heterocycles. The fourth-order valence-electron chi connectivity index (χ4n) is 4.24. The number of hydrogen-bond donors (Lipinski definition) is 3. The number of nitrogens with zero attached hydrogens (tertiary/aromatic N) is 3. The molecule has 0 saturated heterocycles. The number of nitrogens with one attached hydrogen (secondary N) is 2. The van der Waals surface area contributed by atoms with Gasteiger partial charge in [-0.2, -0.15) is 0 Å². The molecule has 0 fully saturated rings. The Bertz CT molecular complexity index is 1010. The van der Waals surface area contributed by atoms with E-state index < -0.39 is 41.9 Å². The summed E-state index contributed by atoms with van der Waals surface area (Å²) >= 11 is 0. The molecular weight excluding hydrogens is 474 g/mol. The van der Waals surface area contributed by atoms with Gasteiger partial charge in [-0.3, -0.25) is 39.4 Å². The van der Waals surface area contributed by atoms with Gasteiger partial charge < -0.3 is 0 Å². The molecule has 1 aromatic heterocycles. The minimum absolute atomic E-state index is 0.0126. The summed E-state index contributed by atoms with van der Waals surface area (Å²) in [5.41, 5.74) is 5.51. The van der Waals surface area contributed by atoms with E-state index in [1.807, 2.05) is 58.0 Å². The van der Waals surface area contributed by atoms with Crippen LogP contribution in [0, 0.1) is 23.7 Å². The number of carbonyl (C=O) groups is 4. The van der Waals surface area contributed by atoms with Crippen molar-refractivity contribution in [3.63, 3.8) is 0 Å². The molecule has 2 atom stereocenters. The topological polar surface area (TPSA) is 134 Å². The van der Waals surface area contributed by atoms with Crippen molar-refractivity contribution in [3.8, 4) is 0 Å². The molecule has 0 spiro atoms. The highest BCUT2D eigenvalue weighted by molar-refractivity contribution is 5.98. The summed E-state index contributed by atoms with van der Waals surface area (Å²) in [6.45, 7) is 7.86. The van der Waals surface area contributed by atoms with Gasteiger partial charge in [0.1, 0.15) is 12.7 Å². The van der Waals surface area contributed by atoms with E-state index in [0.717, 1.165) is 17.0 Å². The zero-order valence-electron chi connectivity index (χ0n) is 22.1. The third-order valence-corrected chi connectivity index (χ3v) is 6.01. The first-order chi connectivity index (χ1) is 17.6. The third kappa shape index (κ3) is 9.80. The number of imidazole rings is 1. The lowest BCUT2D eigenvalue weighted by atomic mass is 9.81. The first kappa shape index (κ1) is 29.7. The molecule has 1 aromatic carbocycles. The van der Waals surface area contributed by atoms with Crippen LogP contribution in [0.3, 0.4) is 0 Å². The number of aryl methyl sites for hydroxylation is 1. The van der Waals surface area contributed by atoms with Crippen LogP contribution < -0.4 is 10.9 Å². The zero-order valence-corrected chi connectivity index (χ0v) is 22.1. The lowest BCUT2D eigenvalue weighted by Crippen LogP contribution is -2.52. The zero-order chi connectivity index (χ0) is 27.4. The van der Waals surface area contributed by atoms with Gasteiger partial charge in [0.25, 0.3) is 0 Å². The Morgan fingerprint density at radius 3 is 2.27 bits per heavy atom. The Hall–Kier alpha value is -3.53. The number of hydrogen-bond acceptors (Lipinski definition) is 6. The second-order valence-corrected chi connectivity index (χ2v) is 10.1. The second kappa shape index (κ2) is 14.9. The molecule has 0 saturated carbocycles. The van der Waals surface area contributed by atoms with Crippen molar-refractivity contribution in [2.24, 2.45) is 23.7 Å². The van der Waals surface area contributed by atoms with E-state index in [4.69, 9.17) is 0 Å². The maximum Gasteiger partial charge on any atom is 0.250 e. The number of rotatable bonds is 13. The SMILES string of the molecule is CC(C)C[C@@H](C(=O)NN(CC(C)C)C(=O)CC(=O)n1ccnc1)[C@H](CCCc1ccccc1)C(=O)NO. The van der Waals surface area contributed by atoms with Crippen LogP contribution in [-0.4, -0.2) is 49.9 Å². The van der Waals surface area contributed by atoms with E-state index in [0.29, 0.717) is 19.3 Å². The molecule has 2 aromatic rings. The Labute approximate surface area is 218 Å². The molecule has 2 rings (SSSR count). The lowest BCUT2D eigenvalue weighted by molar-refractivity contribution is -0.147. The number of benzene rings is 1. The highest BCUT2D eigenvalue weighted by atomic mass is 16.5. The summed E-state index contributed by atoms with van der Waals surface area (Å²) in [7, 11) is 0. The summed E-state index contributed by atoms with van der Waals surface area (Å²) in [5.74, 6) is -3.64. The second-order valence-electron chi connectivity index (χ2n) is 10.1. The van der Waals surface area contributed by atoms with Crippen LogP contribution in [0.4, 0.5) is 0 Å². The minimum atomic E-state index is -0.792. The smallest absolute Gasteiger partial charge is 0.250 e. The Balaban J connectivity index is 2.18. The largest absolute Gasteiger partial charge is 0.289 e. The summed E-state index contributed by atoms with van der Waals surface area (Å²) in [5, 5.41) is 10.6. The summed E-state index contributed by atoms with van der Waals surface area (Å²) in [6.07, 6.45) is 5.88. The van der Waals surface area contributed by atoms with E-state index in [-0.39, 0.29) is 18.4 Å². The van der Waals surface area contributed by atoms with Crippen LogP contribution >= 0.6 is 0 Å². The third-order valence-electron chi connectivity index (χ3n) is 6.01. The van der Waals surface area contributed by atoms with E-state index in [1.165, 1.54) is 23.3 Å². The first-order valence-electron chi connectivity index (χ1n) is 12.7. The Morgan fingerprint density at radius 1 is 1.00 bits per heavy atom. The van der Waals surface area contributed by atoms with Crippen LogP contribution in [0.1, 0.15) is 63.7 Å². The predicted octanol–water partition coefficient (Wildman–Crippen LogP) is 3.24. The average molecular weight is 514 g/mol. The normalized spacial score (nSPS) is 12.7. The molecule has 10 nitrogen and oxygen atoms in total. The molecule has 0 aliphatic rings. The number of carbonyl (C=O) groups excluding carboxylic acids is 4. The molecule has 3 N–H and O–H groups in total. The maximum absolute atomic E-state index is 13.5. The van der Waals surface area contributed by atoms with Crippen LogP contribution in [0.15, 0.2) is 49.1 Å². The van der Waals surface area contributed by atoms with Crippen molar-refractivity contribution in [3.05, 3.63) is 54.6 Å². The van der Waals surface area contributed by atoms with Gasteiger partial charge in [0.05, 0.1) is 11.8 Å². The van der Waals surface area contributed by atoms with E-state index in [9.17, 15) is 24.4 Å². The van der Waals surface area contributed by atoms with Crippen LogP contribution in [0.5, 0.6) is 0 Å². The fraction of sp³-hybridized carbons (Fsp3) is 0.519. The Kier molecular flexibility index (Phi) is 12.0. The van der Waals surface area contributed by atoms with E-state index in [1.54, 1.807) is 5.48 Å². The number of hydrazine groups is 1. The van der Waals surface area contributed by atoms with Crippen LogP contribution in [-0.2, 0) is 20.8 Å². The van der Waals surface area contributed by atoms with Crippen molar-refractivity contribution in [2.75, 3.05) is 6.54 Å². The minimum Gasteiger partial charge on any atom is -0.289 e. The number of hydroxylamine groups is 1. The average Bonchev–Trinajstić information content (AvgIpc) is 3.40. The van der Waals surface area contributed by atoms with Gasteiger partial charge in [0, 0.05) is 18.9 Å². The predicted molar refractivity (Wildman–Crippen MR) is 138 cm³/mol. The monoisotopic (exact) mass is 513 g/mol. The van der Waals surface area contributed by atoms with Gasteiger partial charge in [-0.15, -0.1) is 0 Å². The molecule has 0 bridgehead atoms. The standard InChI is InChI=1S/C27H39N5O5/c1-19(2)15-23(22(27(36)30-37)12-8-11-21-9-6-5-7-10-21)26(35)29-32(17-20(3)4)25(34)16-24(33)31-14-13-28-18-31/h5-7,9-10,13-14,18-20,22-23,37H,8,11-12,15-17H2,1-4H3,(H,29,35)(H,30,36)/t22-,23+/m0/s1. The van der Waals surface area contributed by atoms with Gasteiger partial charge in [0.2, 0.25) is 23.6 Å². The van der Waals surface area contributed by atoms with E-state index in [2.05, 4.69) is 10.4 Å². The van der Waals surface area contributed by atoms with Gasteiger partial charge >= 0.3 is 0 Å². The Morgan fingerprint density at radius 2 is 1.70 bits per heavy atom. The number of amides is 3. The number of aromatic nitrogens is 2. The van der Waals surface area contributed by atoms with Gasteiger partial charge in [-0.05, 0) is 43.1 Å². The molecule has 0 radical (unpaired) electrons. The van der Waals surface area contributed by atoms with Crippen molar-refractivity contribution < 1.29 is 24.4 Å². The van der Waals surface area contributed by atoms with E-state index >= 15 is 0 Å². The maximum atomic E-state index is 13.5. The van der Waals surface area contributed by atoms with Crippen molar-refractivity contribution in [1.29, 1.82) is 0 Å².